The third kappa shape index (κ3) is 4.10. The number of carbonyl (C=O) groups excluding carboxylic acids is 1. The summed E-state index contributed by atoms with van der Waals surface area (Å²) >= 11 is 0. The molecule has 0 atom stereocenters. The molecule has 0 saturated heterocycles. The lowest BCUT2D eigenvalue weighted by Crippen LogP contribution is -2.31. The van der Waals surface area contributed by atoms with Crippen molar-refractivity contribution in [3.8, 4) is 0 Å². The third-order valence-electron chi connectivity index (χ3n) is 2.07. The van der Waals surface area contributed by atoms with E-state index in [4.69, 9.17) is 10.6 Å². The fraction of sp³-hybridized carbons (Fsp3) is 0.875. The van der Waals surface area contributed by atoms with E-state index in [9.17, 15) is 4.79 Å². The molecule has 0 heterocycles. The van der Waals surface area contributed by atoms with E-state index in [1.165, 1.54) is 0 Å². The van der Waals surface area contributed by atoms with Crippen LogP contribution in [-0.4, -0.2) is 25.3 Å². The van der Waals surface area contributed by atoms with Crippen molar-refractivity contribution >= 4 is 6.09 Å². The highest BCUT2D eigenvalue weighted by Crippen LogP contribution is 2.20. The Morgan fingerprint density at radius 3 is 2.77 bits per heavy atom. The minimum atomic E-state index is -0.371. The van der Waals surface area contributed by atoms with E-state index in [0.29, 0.717) is 13.2 Å². The van der Waals surface area contributed by atoms with Gasteiger partial charge in [0.1, 0.15) is 6.10 Å². The third-order valence-corrected chi connectivity index (χ3v) is 2.07. The van der Waals surface area contributed by atoms with Crippen molar-refractivity contribution in [2.24, 2.45) is 5.90 Å². The first kappa shape index (κ1) is 10.3. The molecule has 3 N–H and O–H groups in total. The van der Waals surface area contributed by atoms with Gasteiger partial charge in [-0.05, 0) is 25.7 Å². The van der Waals surface area contributed by atoms with Crippen molar-refractivity contribution in [3.63, 3.8) is 0 Å². The van der Waals surface area contributed by atoms with E-state index in [1.54, 1.807) is 0 Å². The molecule has 1 fully saturated rings. The van der Waals surface area contributed by atoms with Crippen LogP contribution in [0.15, 0.2) is 0 Å². The topological polar surface area (TPSA) is 73.6 Å². The summed E-state index contributed by atoms with van der Waals surface area (Å²) in [6.45, 7) is 0.696. The first-order valence-corrected chi connectivity index (χ1v) is 4.59. The molecule has 1 amide bonds. The van der Waals surface area contributed by atoms with Crippen LogP contribution in [0.4, 0.5) is 4.79 Å². The average Bonchev–Trinajstić information content (AvgIpc) is 2.57. The first-order chi connectivity index (χ1) is 6.33. The van der Waals surface area contributed by atoms with E-state index in [0.717, 1.165) is 25.7 Å². The number of hydrogen-bond acceptors (Lipinski definition) is 4. The summed E-state index contributed by atoms with van der Waals surface area (Å²) in [4.78, 5) is 15.3. The van der Waals surface area contributed by atoms with Gasteiger partial charge in [-0.2, -0.15) is 0 Å². The maximum atomic E-state index is 11.0. The molecule has 1 aliphatic rings. The predicted molar refractivity (Wildman–Crippen MR) is 46.9 cm³/mol. The Bertz CT molecular complexity index is 157. The lowest BCUT2D eigenvalue weighted by atomic mass is 10.3. The SMILES string of the molecule is NOCCNC(=O)OC1CCCC1. The maximum absolute atomic E-state index is 11.0. The highest BCUT2D eigenvalue weighted by Gasteiger charge is 2.18. The van der Waals surface area contributed by atoms with Crippen LogP contribution in [0.3, 0.4) is 0 Å². The second kappa shape index (κ2) is 5.77. The zero-order valence-corrected chi connectivity index (χ0v) is 7.62. The highest BCUT2D eigenvalue weighted by molar-refractivity contribution is 5.67. The molecule has 0 bridgehead atoms. The second-order valence-electron chi connectivity index (χ2n) is 3.11. The molecule has 1 saturated carbocycles. The van der Waals surface area contributed by atoms with Gasteiger partial charge in [-0.3, -0.25) is 0 Å². The molecule has 0 aromatic heterocycles. The Morgan fingerprint density at radius 2 is 2.15 bits per heavy atom. The monoisotopic (exact) mass is 188 g/mol. The van der Waals surface area contributed by atoms with E-state index >= 15 is 0 Å². The smallest absolute Gasteiger partial charge is 0.407 e. The molecule has 0 aromatic rings. The van der Waals surface area contributed by atoms with Crippen molar-refractivity contribution in [1.82, 2.24) is 5.32 Å². The zero-order valence-electron chi connectivity index (χ0n) is 7.62. The molecule has 1 rings (SSSR count). The fourth-order valence-electron chi connectivity index (χ4n) is 1.41. The van der Waals surface area contributed by atoms with Crippen molar-refractivity contribution in [1.29, 1.82) is 0 Å². The van der Waals surface area contributed by atoms with E-state index in [1.807, 2.05) is 0 Å². The largest absolute Gasteiger partial charge is 0.446 e. The minimum absolute atomic E-state index is 0.110. The molecule has 0 spiro atoms. The summed E-state index contributed by atoms with van der Waals surface area (Å²) in [5, 5.41) is 2.54. The Hall–Kier alpha value is -0.810. The number of rotatable bonds is 4. The first-order valence-electron chi connectivity index (χ1n) is 4.59. The number of carbonyl (C=O) groups is 1. The summed E-state index contributed by atoms with van der Waals surface area (Å²) < 4.78 is 5.11. The predicted octanol–water partition coefficient (Wildman–Crippen LogP) is 0.546. The summed E-state index contributed by atoms with van der Waals surface area (Å²) in [6.07, 6.45) is 4.03. The molecule has 0 unspecified atom stereocenters. The number of nitrogens with two attached hydrogens (primary N) is 1. The fourth-order valence-corrected chi connectivity index (χ4v) is 1.41. The lowest BCUT2D eigenvalue weighted by molar-refractivity contribution is 0.0938. The van der Waals surface area contributed by atoms with Gasteiger partial charge >= 0.3 is 6.09 Å². The van der Waals surface area contributed by atoms with Crippen LogP contribution in [0.1, 0.15) is 25.7 Å². The molecule has 13 heavy (non-hydrogen) atoms. The Kier molecular flexibility index (Phi) is 4.56. The Balaban J connectivity index is 2.02. The molecule has 1 aliphatic carbocycles. The molecule has 76 valence electrons. The molecule has 5 nitrogen and oxygen atoms in total. The number of amides is 1. The van der Waals surface area contributed by atoms with Gasteiger partial charge in [-0.15, -0.1) is 0 Å². The number of hydrogen-bond donors (Lipinski definition) is 2. The molecule has 0 radical (unpaired) electrons. The molecular formula is C8H16N2O3. The second-order valence-corrected chi connectivity index (χ2v) is 3.11. The van der Waals surface area contributed by atoms with Crippen LogP contribution < -0.4 is 11.2 Å². The number of alkyl carbamates (subject to hydrolysis) is 1. The minimum Gasteiger partial charge on any atom is -0.446 e. The summed E-state index contributed by atoms with van der Waals surface area (Å²) in [5.41, 5.74) is 0. The average molecular weight is 188 g/mol. The van der Waals surface area contributed by atoms with Crippen molar-refractivity contribution in [3.05, 3.63) is 0 Å². The molecule has 5 heteroatoms. The standard InChI is InChI=1S/C8H16N2O3/c9-12-6-5-10-8(11)13-7-3-1-2-4-7/h7H,1-6,9H2,(H,10,11). The van der Waals surface area contributed by atoms with Gasteiger partial charge in [0.25, 0.3) is 0 Å². The summed E-state index contributed by atoms with van der Waals surface area (Å²) in [6, 6.07) is 0. The van der Waals surface area contributed by atoms with Gasteiger partial charge in [0.2, 0.25) is 0 Å². The van der Waals surface area contributed by atoms with Crippen molar-refractivity contribution in [2.45, 2.75) is 31.8 Å². The van der Waals surface area contributed by atoms with Gasteiger partial charge < -0.3 is 14.9 Å². The normalized spacial score (nSPS) is 17.3. The van der Waals surface area contributed by atoms with E-state index in [2.05, 4.69) is 10.2 Å². The molecule has 0 aliphatic heterocycles. The highest BCUT2D eigenvalue weighted by atomic mass is 16.6. The van der Waals surface area contributed by atoms with Crippen LogP contribution in [0.2, 0.25) is 0 Å². The zero-order chi connectivity index (χ0) is 9.52. The van der Waals surface area contributed by atoms with Gasteiger partial charge in [-0.1, -0.05) is 0 Å². The van der Waals surface area contributed by atoms with Crippen molar-refractivity contribution < 1.29 is 14.4 Å². The lowest BCUT2D eigenvalue weighted by Gasteiger charge is -2.11. The maximum Gasteiger partial charge on any atom is 0.407 e. The van der Waals surface area contributed by atoms with Gasteiger partial charge in [0.05, 0.1) is 6.61 Å². The van der Waals surface area contributed by atoms with Crippen LogP contribution in [0.25, 0.3) is 0 Å². The van der Waals surface area contributed by atoms with E-state index in [-0.39, 0.29) is 12.2 Å². The van der Waals surface area contributed by atoms with Gasteiger partial charge in [0.15, 0.2) is 0 Å². The molecular weight excluding hydrogens is 172 g/mol. The Labute approximate surface area is 77.5 Å². The van der Waals surface area contributed by atoms with E-state index < -0.39 is 0 Å². The van der Waals surface area contributed by atoms with Crippen LogP contribution in [-0.2, 0) is 9.57 Å². The van der Waals surface area contributed by atoms with Crippen LogP contribution >= 0.6 is 0 Å². The number of ether oxygens (including phenoxy) is 1. The van der Waals surface area contributed by atoms with Gasteiger partial charge in [0, 0.05) is 6.54 Å². The molecule has 0 aromatic carbocycles. The van der Waals surface area contributed by atoms with Crippen molar-refractivity contribution in [2.75, 3.05) is 13.2 Å². The van der Waals surface area contributed by atoms with Crippen LogP contribution in [0.5, 0.6) is 0 Å². The Morgan fingerprint density at radius 1 is 1.46 bits per heavy atom. The summed E-state index contributed by atoms with van der Waals surface area (Å²) in [7, 11) is 0. The van der Waals surface area contributed by atoms with Crippen LogP contribution in [0, 0.1) is 0 Å². The summed E-state index contributed by atoms with van der Waals surface area (Å²) in [5.74, 6) is 4.79. The van der Waals surface area contributed by atoms with Gasteiger partial charge in [-0.25, -0.2) is 10.7 Å². The number of nitrogens with one attached hydrogen (secondary N) is 1. The quantitative estimate of drug-likeness (QED) is 0.499.